The van der Waals surface area contributed by atoms with Crippen molar-refractivity contribution >= 4 is 17.8 Å². The van der Waals surface area contributed by atoms with Gasteiger partial charge in [-0.15, -0.1) is 0 Å². The van der Waals surface area contributed by atoms with Crippen LogP contribution in [-0.4, -0.2) is 17.8 Å². The highest BCUT2D eigenvalue weighted by atomic mass is 16.6. The molecule has 2 aliphatic carbocycles. The summed E-state index contributed by atoms with van der Waals surface area (Å²) in [6, 6.07) is 0. The van der Waals surface area contributed by atoms with Crippen molar-refractivity contribution in [2.45, 2.75) is 85.0 Å². The fraction of sp³-hybridized carbons (Fsp3) is 0.762. The molecule has 2 saturated carbocycles. The lowest BCUT2D eigenvalue weighted by molar-refractivity contribution is -0.146. The van der Waals surface area contributed by atoms with Crippen molar-refractivity contribution in [2.75, 3.05) is 0 Å². The average molecular weight is 361 g/mol. The van der Waals surface area contributed by atoms with E-state index in [1.807, 2.05) is 20.8 Å². The number of ether oxygens (including phenoxy) is 2. The Morgan fingerprint density at radius 3 is 2.00 bits per heavy atom. The number of carbonyl (C=O) groups is 2. The van der Waals surface area contributed by atoms with Crippen LogP contribution in [0.15, 0.2) is 16.4 Å². The summed E-state index contributed by atoms with van der Waals surface area (Å²) < 4.78 is 11.3. The first-order valence-corrected chi connectivity index (χ1v) is 10.1. The zero-order chi connectivity index (χ0) is 18.7. The molecule has 0 spiro atoms. The van der Waals surface area contributed by atoms with Gasteiger partial charge in [-0.2, -0.15) is 0 Å². The summed E-state index contributed by atoms with van der Waals surface area (Å²) in [5.41, 5.74) is -0.145. The van der Waals surface area contributed by atoms with Gasteiger partial charge in [-0.1, -0.05) is 59.3 Å². The smallest absolute Gasteiger partial charge is 0.367 e. The summed E-state index contributed by atoms with van der Waals surface area (Å²) >= 11 is 0. The summed E-state index contributed by atoms with van der Waals surface area (Å²) in [7, 11) is 0. The van der Waals surface area contributed by atoms with E-state index in [4.69, 9.17) is 9.47 Å². The van der Waals surface area contributed by atoms with Gasteiger partial charge in [0.15, 0.2) is 5.70 Å². The first-order chi connectivity index (χ1) is 12.4. The Balaban J connectivity index is 1.89. The molecule has 3 aliphatic rings. The zero-order valence-electron chi connectivity index (χ0n) is 16.3. The topological polar surface area (TPSA) is 65.0 Å². The molecule has 5 heteroatoms. The molecule has 2 fully saturated rings. The van der Waals surface area contributed by atoms with Crippen LogP contribution in [0.4, 0.5) is 0 Å². The van der Waals surface area contributed by atoms with Gasteiger partial charge in [0.2, 0.25) is 5.90 Å². The molecule has 0 saturated heterocycles. The molecule has 0 amide bonds. The fourth-order valence-corrected chi connectivity index (χ4v) is 4.00. The van der Waals surface area contributed by atoms with E-state index in [-0.39, 0.29) is 28.9 Å². The number of carbonyl (C=O) groups excluding carboxylic acids is 2. The number of cyclic esters (lactones) is 1. The van der Waals surface area contributed by atoms with Crippen molar-refractivity contribution in [1.82, 2.24) is 0 Å². The molecular weight excluding hydrogens is 330 g/mol. The van der Waals surface area contributed by atoms with E-state index in [2.05, 4.69) is 4.99 Å². The Morgan fingerprint density at radius 1 is 0.962 bits per heavy atom. The van der Waals surface area contributed by atoms with Crippen LogP contribution in [0.3, 0.4) is 0 Å². The van der Waals surface area contributed by atoms with Crippen LogP contribution in [0.5, 0.6) is 0 Å². The molecule has 0 aromatic carbocycles. The first-order valence-electron chi connectivity index (χ1n) is 10.1. The molecule has 0 aromatic heterocycles. The largest absolute Gasteiger partial charge is 0.428 e. The molecule has 0 unspecified atom stereocenters. The second-order valence-corrected chi connectivity index (χ2v) is 8.86. The molecule has 0 atom stereocenters. The van der Waals surface area contributed by atoms with Crippen LogP contribution in [-0.2, 0) is 19.1 Å². The van der Waals surface area contributed by atoms with E-state index in [9.17, 15) is 9.59 Å². The standard InChI is InChI=1S/C21H31NO4/c1-21(2,3)20-22-16(19(24)26-20)17(14-10-6-4-7-11-14)25-18(23)15-12-8-5-9-13-15/h14-15H,4-13H2,1-3H3. The quantitative estimate of drug-likeness (QED) is 0.407. The van der Waals surface area contributed by atoms with Gasteiger partial charge < -0.3 is 9.47 Å². The lowest BCUT2D eigenvalue weighted by Gasteiger charge is -2.26. The lowest BCUT2D eigenvalue weighted by atomic mass is 9.86. The Morgan fingerprint density at radius 2 is 1.50 bits per heavy atom. The van der Waals surface area contributed by atoms with Crippen molar-refractivity contribution in [3.05, 3.63) is 11.5 Å². The second kappa shape index (κ2) is 7.93. The first kappa shape index (κ1) is 19.1. The number of rotatable bonds is 3. The minimum Gasteiger partial charge on any atom is -0.428 e. The molecule has 0 bridgehead atoms. The highest BCUT2D eigenvalue weighted by Gasteiger charge is 2.38. The van der Waals surface area contributed by atoms with E-state index in [0.29, 0.717) is 11.7 Å². The highest BCUT2D eigenvalue weighted by Crippen LogP contribution is 2.36. The van der Waals surface area contributed by atoms with Crippen LogP contribution < -0.4 is 0 Å². The minimum absolute atomic E-state index is 0.0496. The van der Waals surface area contributed by atoms with E-state index in [0.717, 1.165) is 51.4 Å². The number of hydrogen-bond acceptors (Lipinski definition) is 5. The van der Waals surface area contributed by atoms with Crippen LogP contribution in [0.25, 0.3) is 0 Å². The molecule has 1 aliphatic heterocycles. The van der Waals surface area contributed by atoms with Gasteiger partial charge in [0.25, 0.3) is 0 Å². The van der Waals surface area contributed by atoms with Gasteiger partial charge in [-0.05, 0) is 25.7 Å². The number of allylic oxidation sites excluding steroid dienone is 1. The lowest BCUT2D eigenvalue weighted by Crippen LogP contribution is -2.24. The van der Waals surface area contributed by atoms with Gasteiger partial charge >= 0.3 is 11.9 Å². The van der Waals surface area contributed by atoms with Crippen LogP contribution in [0.2, 0.25) is 0 Å². The maximum absolute atomic E-state index is 12.7. The van der Waals surface area contributed by atoms with Crippen LogP contribution in [0.1, 0.15) is 85.0 Å². The van der Waals surface area contributed by atoms with E-state index < -0.39 is 5.97 Å². The highest BCUT2D eigenvalue weighted by molar-refractivity contribution is 6.06. The summed E-state index contributed by atoms with van der Waals surface area (Å²) in [5, 5.41) is 0. The minimum atomic E-state index is -0.480. The van der Waals surface area contributed by atoms with E-state index in [1.165, 1.54) is 12.8 Å². The maximum Gasteiger partial charge on any atom is 0.367 e. The summed E-state index contributed by atoms with van der Waals surface area (Å²) in [6.45, 7) is 5.86. The molecule has 0 N–H and O–H groups in total. The molecule has 0 aromatic rings. The molecule has 3 rings (SSSR count). The van der Waals surface area contributed by atoms with Crippen molar-refractivity contribution in [2.24, 2.45) is 22.2 Å². The second-order valence-electron chi connectivity index (χ2n) is 8.86. The van der Waals surface area contributed by atoms with Gasteiger partial charge in [0.05, 0.1) is 5.92 Å². The third kappa shape index (κ3) is 4.36. The van der Waals surface area contributed by atoms with Crippen molar-refractivity contribution < 1.29 is 19.1 Å². The Hall–Kier alpha value is -1.65. The van der Waals surface area contributed by atoms with Crippen molar-refractivity contribution in [3.8, 4) is 0 Å². The van der Waals surface area contributed by atoms with Gasteiger partial charge in [0, 0.05) is 11.3 Å². The van der Waals surface area contributed by atoms with Crippen LogP contribution in [0, 0.1) is 17.3 Å². The predicted octanol–water partition coefficient (Wildman–Crippen LogP) is 4.90. The van der Waals surface area contributed by atoms with Crippen molar-refractivity contribution in [1.29, 1.82) is 0 Å². The fourth-order valence-electron chi connectivity index (χ4n) is 4.00. The molecule has 5 nitrogen and oxygen atoms in total. The van der Waals surface area contributed by atoms with Gasteiger partial charge in [0.1, 0.15) is 5.76 Å². The van der Waals surface area contributed by atoms with Gasteiger partial charge in [-0.3, -0.25) is 4.79 Å². The number of aliphatic imine (C=N–C) groups is 1. The Kier molecular flexibility index (Phi) is 5.83. The molecular formula is C21H31NO4. The normalized spacial score (nSPS) is 24.9. The molecule has 1 heterocycles. The summed E-state index contributed by atoms with van der Waals surface area (Å²) in [4.78, 5) is 29.7. The maximum atomic E-state index is 12.7. The third-order valence-electron chi connectivity index (χ3n) is 5.60. The van der Waals surface area contributed by atoms with E-state index in [1.54, 1.807) is 0 Å². The predicted molar refractivity (Wildman–Crippen MR) is 99.3 cm³/mol. The van der Waals surface area contributed by atoms with Crippen molar-refractivity contribution in [3.63, 3.8) is 0 Å². The molecule has 0 radical (unpaired) electrons. The monoisotopic (exact) mass is 361 g/mol. The third-order valence-corrected chi connectivity index (χ3v) is 5.60. The molecule has 144 valence electrons. The Labute approximate surface area is 156 Å². The van der Waals surface area contributed by atoms with Crippen LogP contribution >= 0.6 is 0 Å². The number of esters is 2. The summed E-state index contributed by atoms with van der Waals surface area (Å²) in [5.74, 6) is 0.231. The Bertz CT molecular complexity index is 614. The number of nitrogens with zero attached hydrogens (tertiary/aromatic N) is 1. The SMILES string of the molecule is CC(C)(C)C1=NC(=C(OC(=O)C2CCCCC2)C2CCCCC2)C(=O)O1. The summed E-state index contributed by atoms with van der Waals surface area (Å²) in [6.07, 6.45) is 10.3. The van der Waals surface area contributed by atoms with Gasteiger partial charge in [-0.25, -0.2) is 9.79 Å². The number of hydrogen-bond donors (Lipinski definition) is 0. The average Bonchev–Trinajstić information content (AvgIpc) is 3.03. The zero-order valence-corrected chi connectivity index (χ0v) is 16.3. The van der Waals surface area contributed by atoms with E-state index >= 15 is 0 Å². The molecule has 26 heavy (non-hydrogen) atoms.